The molecule has 0 saturated heterocycles. The summed E-state index contributed by atoms with van der Waals surface area (Å²) < 4.78 is 17.8. The molecule has 11 heteroatoms. The van der Waals surface area contributed by atoms with Crippen LogP contribution in [0.15, 0.2) is 5.51 Å². The molecule has 9 nitrogen and oxygen atoms in total. The smallest absolute Gasteiger partial charge is 0.416 e. The lowest BCUT2D eigenvalue weighted by atomic mass is 10.0. The maximum Gasteiger partial charge on any atom is 0.416 e. The van der Waals surface area contributed by atoms with Crippen molar-refractivity contribution in [2.75, 3.05) is 33.4 Å². The number of unbranched alkanes of at least 4 members (excludes halogenated alkanes) is 15. The summed E-state index contributed by atoms with van der Waals surface area (Å²) in [7, 11) is 3.42. The second-order valence-corrected chi connectivity index (χ2v) is 12.5. The quantitative estimate of drug-likeness (QED) is 0.0904. The van der Waals surface area contributed by atoms with Crippen molar-refractivity contribution in [3.63, 3.8) is 0 Å². The van der Waals surface area contributed by atoms with E-state index in [0.29, 0.717) is 13.0 Å². The molecule has 0 aliphatic carbocycles. The molecular weight excluding hydrogens is 693 g/mol. The fraction of sp³-hybridized carbons (Fsp3) is 0.818. The Morgan fingerprint density at radius 2 is 1.36 bits per heavy atom. The summed E-state index contributed by atoms with van der Waals surface area (Å²) in [6.07, 6.45) is 19.6. The predicted octanol–water partition coefficient (Wildman–Crippen LogP) is 4.42. The van der Waals surface area contributed by atoms with Gasteiger partial charge in [0.05, 0.1) is 4.88 Å². The van der Waals surface area contributed by atoms with Crippen LogP contribution in [-0.4, -0.2) is 62.5 Å². The van der Waals surface area contributed by atoms with Gasteiger partial charge in [0.25, 0.3) is 0 Å². The van der Waals surface area contributed by atoms with Crippen LogP contribution >= 0.6 is 11.3 Å². The molecule has 0 saturated carbocycles. The Bertz CT molecular complexity index is 901. The highest BCUT2D eigenvalue weighted by Gasteiger charge is 2.23. The van der Waals surface area contributed by atoms with E-state index in [-0.39, 0.29) is 49.6 Å². The molecule has 0 aliphatic rings. The summed E-state index contributed by atoms with van der Waals surface area (Å²) in [5.74, 6) is -0.387. The number of ether oxygens (including phenoxy) is 3. The predicted molar refractivity (Wildman–Crippen MR) is 172 cm³/mol. The van der Waals surface area contributed by atoms with Crippen LogP contribution < -0.4 is 33.9 Å². The van der Waals surface area contributed by atoms with E-state index in [0.717, 1.165) is 28.3 Å². The Hall–Kier alpha value is -1.47. The number of rotatable bonds is 25. The molecule has 0 aliphatic heterocycles. The number of amides is 3. The summed E-state index contributed by atoms with van der Waals surface area (Å²) in [5.41, 5.74) is 3.09. The number of methoxy groups -OCH3 is 1. The topological polar surface area (TPSA) is 98.0 Å². The molecule has 3 amide bonds. The largest absolute Gasteiger partial charge is 1.00 e. The van der Waals surface area contributed by atoms with Crippen molar-refractivity contribution >= 4 is 29.4 Å². The van der Waals surface area contributed by atoms with Crippen molar-refractivity contribution in [3.05, 3.63) is 16.1 Å². The number of aromatic nitrogens is 1. The van der Waals surface area contributed by atoms with Gasteiger partial charge >= 0.3 is 12.2 Å². The van der Waals surface area contributed by atoms with E-state index in [1.807, 2.05) is 24.0 Å². The number of alkyl carbamates (subject to hydrolysis) is 1. The molecule has 0 radical (unpaired) electrons. The van der Waals surface area contributed by atoms with Crippen LogP contribution in [0.5, 0.6) is 0 Å². The van der Waals surface area contributed by atoms with Crippen LogP contribution in [-0.2, 0) is 32.5 Å². The van der Waals surface area contributed by atoms with Crippen molar-refractivity contribution in [1.29, 1.82) is 0 Å². The molecule has 1 aromatic heterocycles. The monoisotopic (exact) mass is 753 g/mol. The number of nitrogens with zero attached hydrogens (tertiary/aromatic N) is 2. The van der Waals surface area contributed by atoms with Crippen LogP contribution in [0.1, 0.15) is 127 Å². The number of aryl methyl sites for hydroxylation is 1. The SMILES string of the molecule is CCCCCCCCCCCCCCCCCCNC(=O)OCC(COC(=O)N(CCc1sc[n+](C)c1C)C(C)=O)OC.[I-]. The second-order valence-electron chi connectivity index (χ2n) is 11.5. The Kier molecular flexibility index (Phi) is 26.9. The highest BCUT2D eigenvalue weighted by atomic mass is 127. The molecule has 0 aromatic carbocycles. The lowest BCUT2D eigenvalue weighted by Crippen LogP contribution is -3.00. The van der Waals surface area contributed by atoms with Gasteiger partial charge in [-0.15, -0.1) is 0 Å². The Balaban J connectivity index is 0.0000185. The molecule has 44 heavy (non-hydrogen) atoms. The van der Waals surface area contributed by atoms with Gasteiger partial charge < -0.3 is 43.5 Å². The van der Waals surface area contributed by atoms with E-state index in [1.165, 1.54) is 104 Å². The van der Waals surface area contributed by atoms with Crippen LogP contribution in [0.4, 0.5) is 9.59 Å². The van der Waals surface area contributed by atoms with Gasteiger partial charge in [0, 0.05) is 40.5 Å². The van der Waals surface area contributed by atoms with Gasteiger partial charge in [0.15, 0.2) is 5.69 Å². The number of imide groups is 1. The third-order valence-electron chi connectivity index (χ3n) is 7.87. The average molecular weight is 754 g/mol. The van der Waals surface area contributed by atoms with Gasteiger partial charge in [-0.3, -0.25) is 4.79 Å². The summed E-state index contributed by atoms with van der Waals surface area (Å²) in [6.45, 7) is 6.22. The van der Waals surface area contributed by atoms with Crippen molar-refractivity contribution < 1.29 is 57.1 Å². The molecular formula is C33H60IN3O6S. The zero-order valence-corrected chi connectivity index (χ0v) is 31.1. The Labute approximate surface area is 288 Å². The van der Waals surface area contributed by atoms with Crippen LogP contribution in [0.25, 0.3) is 0 Å². The van der Waals surface area contributed by atoms with Crippen LogP contribution in [0, 0.1) is 6.92 Å². The average Bonchev–Trinajstić information content (AvgIpc) is 3.31. The normalized spacial score (nSPS) is 11.5. The minimum Gasteiger partial charge on any atom is -1.00 e. The van der Waals surface area contributed by atoms with Gasteiger partial charge in [-0.1, -0.05) is 115 Å². The van der Waals surface area contributed by atoms with Gasteiger partial charge in [-0.05, 0) is 6.42 Å². The summed E-state index contributed by atoms with van der Waals surface area (Å²) >= 11 is 1.59. The molecule has 256 valence electrons. The van der Waals surface area contributed by atoms with E-state index in [4.69, 9.17) is 14.2 Å². The fourth-order valence-corrected chi connectivity index (χ4v) is 5.81. The summed E-state index contributed by atoms with van der Waals surface area (Å²) in [6, 6.07) is 0. The summed E-state index contributed by atoms with van der Waals surface area (Å²) in [5, 5.41) is 2.77. The minimum atomic E-state index is -0.735. The van der Waals surface area contributed by atoms with Crippen molar-refractivity contribution in [2.45, 2.75) is 136 Å². The first-order valence-corrected chi connectivity index (χ1v) is 17.5. The number of carbonyl (C=O) groups is 3. The number of halogens is 1. The number of carbonyl (C=O) groups excluding carboxylic acids is 3. The highest BCUT2D eigenvalue weighted by Crippen LogP contribution is 2.14. The molecule has 1 unspecified atom stereocenters. The van der Waals surface area contributed by atoms with E-state index in [1.54, 1.807) is 11.3 Å². The second kappa shape index (κ2) is 27.8. The number of nitrogens with one attached hydrogen (secondary N) is 1. The van der Waals surface area contributed by atoms with Crippen LogP contribution in [0.3, 0.4) is 0 Å². The van der Waals surface area contributed by atoms with Gasteiger partial charge in [-0.2, -0.15) is 4.57 Å². The molecule has 1 N–H and O–H groups in total. The third-order valence-corrected chi connectivity index (χ3v) is 9.08. The lowest BCUT2D eigenvalue weighted by molar-refractivity contribution is -0.672. The zero-order chi connectivity index (χ0) is 31.7. The first kappa shape index (κ1) is 42.5. The molecule has 1 atom stereocenters. The van der Waals surface area contributed by atoms with E-state index in [9.17, 15) is 14.4 Å². The first-order valence-electron chi connectivity index (χ1n) is 16.6. The van der Waals surface area contributed by atoms with E-state index < -0.39 is 18.3 Å². The maximum atomic E-state index is 12.5. The molecule has 1 aromatic rings. The number of hydrogen-bond acceptors (Lipinski definition) is 7. The number of thiazole rings is 1. The Morgan fingerprint density at radius 3 is 1.82 bits per heavy atom. The molecule has 0 spiro atoms. The Morgan fingerprint density at radius 1 is 0.864 bits per heavy atom. The molecule has 0 bridgehead atoms. The van der Waals surface area contributed by atoms with Gasteiger partial charge in [0.2, 0.25) is 11.4 Å². The maximum absolute atomic E-state index is 12.5. The highest BCUT2D eigenvalue weighted by molar-refractivity contribution is 7.09. The summed E-state index contributed by atoms with van der Waals surface area (Å²) in [4.78, 5) is 38.8. The van der Waals surface area contributed by atoms with Crippen LogP contribution in [0.2, 0.25) is 0 Å². The van der Waals surface area contributed by atoms with Crippen molar-refractivity contribution in [3.8, 4) is 0 Å². The molecule has 1 rings (SSSR count). The minimum absolute atomic E-state index is 0. The van der Waals surface area contributed by atoms with Crippen molar-refractivity contribution in [1.82, 2.24) is 10.2 Å². The molecule has 0 fully saturated rings. The van der Waals surface area contributed by atoms with E-state index in [2.05, 4.69) is 12.2 Å². The van der Waals surface area contributed by atoms with E-state index >= 15 is 0 Å². The fourth-order valence-electron chi connectivity index (χ4n) is 4.84. The molecule has 1 heterocycles. The lowest BCUT2D eigenvalue weighted by Gasteiger charge is -2.21. The third kappa shape index (κ3) is 20.5. The standard InChI is InChI=1S/C33H59N3O6S.HI/c1-6-7-8-9-10-11-12-13-14-15-16-17-18-19-20-21-23-34-32(38)41-25-30(40-5)26-42-33(39)36(29(3)37)24-22-31-28(2)35(4)27-43-31;/h27,30H,6-26H2,1-5H3;1H. The zero-order valence-electron chi connectivity index (χ0n) is 28.1. The van der Waals surface area contributed by atoms with Gasteiger partial charge in [0.1, 0.15) is 26.4 Å². The van der Waals surface area contributed by atoms with Gasteiger partial charge in [-0.25, -0.2) is 14.5 Å². The van der Waals surface area contributed by atoms with Crippen molar-refractivity contribution in [2.24, 2.45) is 7.05 Å². The first-order chi connectivity index (χ1) is 20.8. The number of hydrogen-bond donors (Lipinski definition) is 1.